The van der Waals surface area contributed by atoms with Crippen LogP contribution >= 0.6 is 0 Å². The van der Waals surface area contributed by atoms with Crippen LogP contribution < -0.4 is 4.74 Å². The Balaban J connectivity index is 2.83. The van der Waals surface area contributed by atoms with E-state index in [0.717, 1.165) is 12.2 Å². The first-order valence-corrected chi connectivity index (χ1v) is 4.88. The highest BCUT2D eigenvalue weighted by Crippen LogP contribution is 2.19. The van der Waals surface area contributed by atoms with Gasteiger partial charge in [0.15, 0.2) is 0 Å². The van der Waals surface area contributed by atoms with Crippen LogP contribution in [0, 0.1) is 0 Å². The summed E-state index contributed by atoms with van der Waals surface area (Å²) in [6, 6.07) is 7.99. The van der Waals surface area contributed by atoms with Crippen molar-refractivity contribution in [1.29, 1.82) is 0 Å². The van der Waals surface area contributed by atoms with Crippen molar-refractivity contribution in [3.05, 3.63) is 42.5 Å². The summed E-state index contributed by atoms with van der Waals surface area (Å²) >= 11 is 0. The van der Waals surface area contributed by atoms with Crippen molar-refractivity contribution >= 4 is 10.2 Å². The standard InChI is InChI=1S/C11H13OSi/c1-3-6-10-7-4-5-8-11(10)12-9(2)13/h3-5,7-9H,1,6H2,2H3. The summed E-state index contributed by atoms with van der Waals surface area (Å²) in [5.74, 6) is 0.921. The summed E-state index contributed by atoms with van der Waals surface area (Å²) in [5, 5.41) is 0. The number of para-hydroxylation sites is 1. The second-order valence-electron chi connectivity index (χ2n) is 2.86. The highest BCUT2D eigenvalue weighted by Gasteiger charge is 2.02. The van der Waals surface area contributed by atoms with Crippen LogP contribution in [0.4, 0.5) is 0 Å². The molecule has 0 aromatic heterocycles. The van der Waals surface area contributed by atoms with E-state index in [-0.39, 0.29) is 5.73 Å². The molecule has 1 rings (SSSR count). The summed E-state index contributed by atoms with van der Waals surface area (Å²) in [4.78, 5) is 0. The molecule has 1 nitrogen and oxygen atoms in total. The van der Waals surface area contributed by atoms with Gasteiger partial charge in [-0.3, -0.25) is 0 Å². The van der Waals surface area contributed by atoms with Gasteiger partial charge >= 0.3 is 0 Å². The van der Waals surface area contributed by atoms with E-state index in [9.17, 15) is 0 Å². The molecule has 1 aromatic rings. The first kappa shape index (κ1) is 10.1. The normalized spacial score (nSPS) is 12.2. The number of allylic oxidation sites excluding steroid dienone is 1. The second kappa shape index (κ2) is 4.87. The first-order valence-electron chi connectivity index (χ1n) is 4.30. The molecule has 3 radical (unpaired) electrons. The Morgan fingerprint density at radius 3 is 2.85 bits per heavy atom. The maximum atomic E-state index is 5.56. The van der Waals surface area contributed by atoms with Crippen LogP contribution in [-0.4, -0.2) is 16.0 Å². The summed E-state index contributed by atoms with van der Waals surface area (Å²) in [6.45, 7) is 5.65. The third kappa shape index (κ3) is 3.07. The van der Waals surface area contributed by atoms with Gasteiger partial charge in [-0.25, -0.2) is 0 Å². The largest absolute Gasteiger partial charge is 0.495 e. The van der Waals surface area contributed by atoms with Gasteiger partial charge in [0.2, 0.25) is 0 Å². The Bertz CT molecular complexity index is 281. The summed E-state index contributed by atoms with van der Waals surface area (Å²) < 4.78 is 5.56. The van der Waals surface area contributed by atoms with Gasteiger partial charge in [0, 0.05) is 0 Å². The van der Waals surface area contributed by atoms with Crippen LogP contribution in [0.2, 0.25) is 0 Å². The number of ether oxygens (including phenoxy) is 1. The number of hydrogen-bond acceptors (Lipinski definition) is 1. The molecule has 0 saturated heterocycles. The minimum absolute atomic E-state index is 0.0333. The van der Waals surface area contributed by atoms with Gasteiger partial charge in [0.25, 0.3) is 0 Å². The predicted octanol–water partition coefficient (Wildman–Crippen LogP) is 2.31. The van der Waals surface area contributed by atoms with Crippen molar-refractivity contribution in [2.75, 3.05) is 0 Å². The van der Waals surface area contributed by atoms with Crippen LogP contribution in [0.3, 0.4) is 0 Å². The van der Waals surface area contributed by atoms with Gasteiger partial charge in [-0.2, -0.15) is 0 Å². The molecule has 0 aliphatic carbocycles. The molecule has 0 fully saturated rings. The SMILES string of the molecule is C=CCc1ccccc1OC(C)[Si]. The Labute approximate surface area is 82.9 Å². The van der Waals surface area contributed by atoms with Gasteiger partial charge in [-0.1, -0.05) is 24.3 Å². The van der Waals surface area contributed by atoms with Crippen molar-refractivity contribution < 1.29 is 4.74 Å². The predicted molar refractivity (Wildman–Crippen MR) is 56.2 cm³/mol. The summed E-state index contributed by atoms with van der Waals surface area (Å²) in [7, 11) is 3.40. The van der Waals surface area contributed by atoms with E-state index in [4.69, 9.17) is 4.74 Å². The molecule has 67 valence electrons. The van der Waals surface area contributed by atoms with E-state index in [2.05, 4.69) is 16.8 Å². The molecular weight excluding hydrogens is 176 g/mol. The maximum Gasteiger partial charge on any atom is 0.122 e. The van der Waals surface area contributed by atoms with Crippen LogP contribution in [0.15, 0.2) is 36.9 Å². The molecule has 0 bridgehead atoms. The highest BCUT2D eigenvalue weighted by atomic mass is 28.1. The number of rotatable bonds is 4. The van der Waals surface area contributed by atoms with Gasteiger partial charge in [0.05, 0.1) is 16.0 Å². The first-order chi connectivity index (χ1) is 6.24. The smallest absolute Gasteiger partial charge is 0.122 e. The van der Waals surface area contributed by atoms with Gasteiger partial charge in [-0.15, -0.1) is 6.58 Å². The average molecular weight is 189 g/mol. The molecule has 1 unspecified atom stereocenters. The Morgan fingerprint density at radius 1 is 1.54 bits per heavy atom. The molecule has 1 aromatic carbocycles. The Morgan fingerprint density at radius 2 is 2.23 bits per heavy atom. The minimum atomic E-state index is 0.0333. The zero-order chi connectivity index (χ0) is 9.68. The zero-order valence-corrected chi connectivity index (χ0v) is 8.79. The Hall–Kier alpha value is -1.02. The molecule has 0 spiro atoms. The van der Waals surface area contributed by atoms with Crippen molar-refractivity contribution in [2.24, 2.45) is 0 Å². The third-order valence-electron chi connectivity index (χ3n) is 1.64. The second-order valence-corrected chi connectivity index (χ2v) is 3.67. The van der Waals surface area contributed by atoms with E-state index >= 15 is 0 Å². The molecule has 13 heavy (non-hydrogen) atoms. The van der Waals surface area contributed by atoms with E-state index in [1.807, 2.05) is 37.3 Å². The fourth-order valence-electron chi connectivity index (χ4n) is 1.13. The summed E-state index contributed by atoms with van der Waals surface area (Å²) in [6.07, 6.45) is 2.72. The van der Waals surface area contributed by atoms with Gasteiger partial charge in [-0.05, 0) is 25.0 Å². The van der Waals surface area contributed by atoms with Crippen LogP contribution in [0.25, 0.3) is 0 Å². The molecule has 0 aliphatic rings. The highest BCUT2D eigenvalue weighted by molar-refractivity contribution is 6.10. The van der Waals surface area contributed by atoms with Crippen molar-refractivity contribution in [3.63, 3.8) is 0 Å². The lowest BCUT2D eigenvalue weighted by Crippen LogP contribution is -2.11. The number of benzene rings is 1. The van der Waals surface area contributed by atoms with Crippen molar-refractivity contribution in [3.8, 4) is 5.75 Å². The molecule has 2 heteroatoms. The molecule has 0 aliphatic heterocycles. The van der Waals surface area contributed by atoms with Crippen LogP contribution in [0.5, 0.6) is 5.75 Å². The molecular formula is C11H13OSi. The fourth-order valence-corrected chi connectivity index (χ4v) is 1.26. The average Bonchev–Trinajstić information content (AvgIpc) is 2.08. The topological polar surface area (TPSA) is 9.23 Å². The van der Waals surface area contributed by atoms with E-state index < -0.39 is 0 Å². The monoisotopic (exact) mass is 189 g/mol. The maximum absolute atomic E-state index is 5.56. The zero-order valence-electron chi connectivity index (χ0n) is 7.79. The van der Waals surface area contributed by atoms with Crippen molar-refractivity contribution in [1.82, 2.24) is 0 Å². The fraction of sp³-hybridized carbons (Fsp3) is 0.273. The number of hydrogen-bond donors (Lipinski definition) is 0. The molecule has 0 heterocycles. The minimum Gasteiger partial charge on any atom is -0.495 e. The lowest BCUT2D eigenvalue weighted by molar-refractivity contribution is 0.298. The molecule has 0 N–H and O–H groups in total. The lowest BCUT2D eigenvalue weighted by atomic mass is 10.1. The van der Waals surface area contributed by atoms with Gasteiger partial charge < -0.3 is 4.74 Å². The quantitative estimate of drug-likeness (QED) is 0.521. The summed E-state index contributed by atoms with van der Waals surface area (Å²) in [5.41, 5.74) is 1.20. The van der Waals surface area contributed by atoms with E-state index in [0.29, 0.717) is 0 Å². The lowest BCUT2D eigenvalue weighted by Gasteiger charge is -2.12. The van der Waals surface area contributed by atoms with Crippen LogP contribution in [0.1, 0.15) is 12.5 Å². The Kier molecular flexibility index (Phi) is 3.77. The molecule has 0 amide bonds. The van der Waals surface area contributed by atoms with E-state index in [1.54, 1.807) is 0 Å². The molecule has 1 atom stereocenters. The third-order valence-corrected chi connectivity index (χ3v) is 1.76. The van der Waals surface area contributed by atoms with Crippen molar-refractivity contribution in [2.45, 2.75) is 19.1 Å². The van der Waals surface area contributed by atoms with E-state index in [1.165, 1.54) is 5.56 Å². The van der Waals surface area contributed by atoms with Gasteiger partial charge in [0.1, 0.15) is 5.75 Å². The van der Waals surface area contributed by atoms with Crippen LogP contribution in [-0.2, 0) is 6.42 Å². The molecule has 0 saturated carbocycles.